The number of nitrogens with zero attached hydrogens (tertiary/aromatic N) is 1. The van der Waals surface area contributed by atoms with Crippen LogP contribution >= 0.6 is 0 Å². The SMILES string of the molecule is CCC(C)C(NC(=O)N(CC)C1CCCC1)C(=O)O. The van der Waals surface area contributed by atoms with Crippen molar-refractivity contribution in [1.29, 1.82) is 0 Å². The van der Waals surface area contributed by atoms with Crippen LogP contribution in [0.25, 0.3) is 0 Å². The summed E-state index contributed by atoms with van der Waals surface area (Å²) in [4.78, 5) is 25.3. The van der Waals surface area contributed by atoms with Crippen molar-refractivity contribution in [3.8, 4) is 0 Å². The van der Waals surface area contributed by atoms with Crippen molar-refractivity contribution >= 4 is 12.0 Å². The quantitative estimate of drug-likeness (QED) is 0.779. The third kappa shape index (κ3) is 4.11. The number of carbonyl (C=O) groups excluding carboxylic acids is 1. The lowest BCUT2D eigenvalue weighted by molar-refractivity contribution is -0.140. The van der Waals surface area contributed by atoms with Gasteiger partial charge in [0.2, 0.25) is 0 Å². The van der Waals surface area contributed by atoms with Gasteiger partial charge in [0.1, 0.15) is 6.04 Å². The molecule has 0 saturated heterocycles. The van der Waals surface area contributed by atoms with E-state index < -0.39 is 12.0 Å². The molecular formula is C14H26N2O3. The fourth-order valence-corrected chi connectivity index (χ4v) is 2.68. The third-order valence-electron chi connectivity index (χ3n) is 4.13. The summed E-state index contributed by atoms with van der Waals surface area (Å²) in [5, 5.41) is 11.9. The summed E-state index contributed by atoms with van der Waals surface area (Å²) in [7, 11) is 0. The number of carboxylic acid groups (broad SMARTS) is 1. The van der Waals surface area contributed by atoms with E-state index in [9.17, 15) is 14.7 Å². The highest BCUT2D eigenvalue weighted by Crippen LogP contribution is 2.23. The van der Waals surface area contributed by atoms with E-state index >= 15 is 0 Å². The minimum atomic E-state index is -0.954. The number of carboxylic acids is 1. The van der Waals surface area contributed by atoms with Crippen LogP contribution in [0, 0.1) is 5.92 Å². The Balaban J connectivity index is 2.66. The molecule has 110 valence electrons. The number of hydrogen-bond donors (Lipinski definition) is 2. The summed E-state index contributed by atoms with van der Waals surface area (Å²) in [6, 6.07) is -0.758. The fraction of sp³-hybridized carbons (Fsp3) is 0.857. The van der Waals surface area contributed by atoms with E-state index in [2.05, 4.69) is 5.32 Å². The van der Waals surface area contributed by atoms with Crippen molar-refractivity contribution in [2.24, 2.45) is 5.92 Å². The standard InChI is InChI=1S/C14H26N2O3/c1-4-10(3)12(13(17)18)15-14(19)16(5-2)11-8-6-7-9-11/h10-12H,4-9H2,1-3H3,(H,15,19)(H,17,18). The van der Waals surface area contributed by atoms with Crippen molar-refractivity contribution in [1.82, 2.24) is 10.2 Å². The smallest absolute Gasteiger partial charge is 0.326 e. The maximum Gasteiger partial charge on any atom is 0.326 e. The fourth-order valence-electron chi connectivity index (χ4n) is 2.68. The second-order valence-corrected chi connectivity index (χ2v) is 5.38. The van der Waals surface area contributed by atoms with Crippen molar-refractivity contribution in [2.45, 2.75) is 65.0 Å². The van der Waals surface area contributed by atoms with Crippen LogP contribution in [-0.2, 0) is 4.79 Å². The third-order valence-corrected chi connectivity index (χ3v) is 4.13. The van der Waals surface area contributed by atoms with Gasteiger partial charge in [0.05, 0.1) is 0 Å². The van der Waals surface area contributed by atoms with Gasteiger partial charge in [-0.1, -0.05) is 33.1 Å². The molecule has 2 N–H and O–H groups in total. The van der Waals surface area contributed by atoms with Crippen LogP contribution in [0.4, 0.5) is 4.79 Å². The monoisotopic (exact) mass is 270 g/mol. The summed E-state index contributed by atoms with van der Waals surface area (Å²) in [6.45, 7) is 6.35. The molecule has 0 aromatic rings. The Morgan fingerprint density at radius 2 is 1.89 bits per heavy atom. The van der Waals surface area contributed by atoms with Gasteiger partial charge in [-0.15, -0.1) is 0 Å². The van der Waals surface area contributed by atoms with E-state index in [1.54, 1.807) is 4.90 Å². The molecule has 1 rings (SSSR count). The van der Waals surface area contributed by atoms with Gasteiger partial charge >= 0.3 is 12.0 Å². The molecule has 2 amide bonds. The van der Waals surface area contributed by atoms with E-state index in [1.165, 1.54) is 0 Å². The first-order valence-corrected chi connectivity index (χ1v) is 7.31. The van der Waals surface area contributed by atoms with Crippen LogP contribution in [0.1, 0.15) is 52.9 Å². The second-order valence-electron chi connectivity index (χ2n) is 5.38. The van der Waals surface area contributed by atoms with Crippen LogP contribution < -0.4 is 5.32 Å². The van der Waals surface area contributed by atoms with E-state index in [0.29, 0.717) is 6.54 Å². The zero-order chi connectivity index (χ0) is 14.4. The first kappa shape index (κ1) is 15.8. The van der Waals surface area contributed by atoms with E-state index in [-0.39, 0.29) is 18.0 Å². The van der Waals surface area contributed by atoms with Crippen molar-refractivity contribution < 1.29 is 14.7 Å². The summed E-state index contributed by atoms with van der Waals surface area (Å²) in [5.41, 5.74) is 0. The molecule has 5 nitrogen and oxygen atoms in total. The molecule has 0 aliphatic heterocycles. The van der Waals surface area contributed by atoms with Gasteiger partial charge in [-0.2, -0.15) is 0 Å². The average Bonchev–Trinajstić information content (AvgIpc) is 2.89. The normalized spacial score (nSPS) is 18.9. The Bertz CT molecular complexity index is 314. The van der Waals surface area contributed by atoms with Crippen molar-refractivity contribution in [3.05, 3.63) is 0 Å². The molecule has 0 bridgehead atoms. The molecule has 5 heteroatoms. The maximum atomic E-state index is 12.2. The number of rotatable bonds is 6. The number of carbonyl (C=O) groups is 2. The van der Waals surface area contributed by atoms with Crippen LogP contribution in [0.15, 0.2) is 0 Å². The van der Waals surface area contributed by atoms with E-state index in [0.717, 1.165) is 32.1 Å². The molecular weight excluding hydrogens is 244 g/mol. The average molecular weight is 270 g/mol. The molecule has 2 unspecified atom stereocenters. The van der Waals surface area contributed by atoms with Crippen LogP contribution in [0.5, 0.6) is 0 Å². The van der Waals surface area contributed by atoms with E-state index in [1.807, 2.05) is 20.8 Å². The zero-order valence-electron chi connectivity index (χ0n) is 12.2. The Hall–Kier alpha value is -1.26. The molecule has 19 heavy (non-hydrogen) atoms. The highest BCUT2D eigenvalue weighted by molar-refractivity contribution is 5.83. The van der Waals surface area contributed by atoms with Gasteiger partial charge in [0.15, 0.2) is 0 Å². The van der Waals surface area contributed by atoms with Gasteiger partial charge < -0.3 is 15.3 Å². The van der Waals surface area contributed by atoms with Crippen molar-refractivity contribution in [2.75, 3.05) is 6.54 Å². The van der Waals surface area contributed by atoms with Crippen molar-refractivity contribution in [3.63, 3.8) is 0 Å². The van der Waals surface area contributed by atoms with E-state index in [4.69, 9.17) is 0 Å². The van der Waals surface area contributed by atoms with Gasteiger partial charge in [-0.05, 0) is 25.7 Å². The summed E-state index contributed by atoms with van der Waals surface area (Å²) >= 11 is 0. The molecule has 0 aromatic carbocycles. The van der Waals surface area contributed by atoms with Gasteiger partial charge in [-0.3, -0.25) is 0 Å². The number of amides is 2. The lowest BCUT2D eigenvalue weighted by atomic mass is 9.99. The molecule has 1 aliphatic carbocycles. The Morgan fingerprint density at radius 3 is 2.32 bits per heavy atom. The predicted octanol–water partition coefficient (Wildman–Crippen LogP) is 2.46. The first-order chi connectivity index (χ1) is 9.01. The Morgan fingerprint density at radius 1 is 1.32 bits per heavy atom. The summed E-state index contributed by atoms with van der Waals surface area (Å²) in [5.74, 6) is -1.02. The summed E-state index contributed by atoms with van der Waals surface area (Å²) in [6.07, 6.45) is 5.10. The minimum Gasteiger partial charge on any atom is -0.480 e. The minimum absolute atomic E-state index is 0.0660. The van der Waals surface area contributed by atoms with Gasteiger partial charge in [-0.25, -0.2) is 9.59 Å². The molecule has 0 aromatic heterocycles. The zero-order valence-corrected chi connectivity index (χ0v) is 12.2. The van der Waals surface area contributed by atoms with Gasteiger partial charge in [0.25, 0.3) is 0 Å². The number of urea groups is 1. The topological polar surface area (TPSA) is 69.6 Å². The van der Waals surface area contributed by atoms with Gasteiger partial charge in [0, 0.05) is 12.6 Å². The molecule has 2 atom stereocenters. The first-order valence-electron chi connectivity index (χ1n) is 7.31. The predicted molar refractivity (Wildman–Crippen MR) is 74.0 cm³/mol. The molecule has 1 fully saturated rings. The molecule has 0 spiro atoms. The number of hydrogen-bond acceptors (Lipinski definition) is 2. The lowest BCUT2D eigenvalue weighted by Gasteiger charge is -2.30. The molecule has 1 saturated carbocycles. The lowest BCUT2D eigenvalue weighted by Crippen LogP contribution is -2.52. The van der Waals surface area contributed by atoms with Crippen LogP contribution in [-0.4, -0.2) is 40.6 Å². The summed E-state index contributed by atoms with van der Waals surface area (Å²) < 4.78 is 0. The second kappa shape index (κ2) is 7.36. The molecule has 0 radical (unpaired) electrons. The molecule has 0 heterocycles. The highest BCUT2D eigenvalue weighted by Gasteiger charge is 2.30. The number of aliphatic carboxylic acids is 1. The van der Waals surface area contributed by atoms with Crippen LogP contribution in [0.2, 0.25) is 0 Å². The maximum absolute atomic E-state index is 12.2. The molecule has 1 aliphatic rings. The Kier molecular flexibility index (Phi) is 6.12. The Labute approximate surface area is 115 Å². The largest absolute Gasteiger partial charge is 0.480 e. The highest BCUT2D eigenvalue weighted by atomic mass is 16.4. The van der Waals surface area contributed by atoms with Crippen LogP contribution in [0.3, 0.4) is 0 Å². The number of nitrogens with one attached hydrogen (secondary N) is 1.